The zero-order chi connectivity index (χ0) is 20.4. The number of carbonyl (C=O) groups excluding carboxylic acids is 1. The summed E-state index contributed by atoms with van der Waals surface area (Å²) in [7, 11) is 4.39. The third-order valence-electron chi connectivity index (χ3n) is 4.35. The van der Waals surface area contributed by atoms with E-state index in [-0.39, 0.29) is 29.3 Å². The molecule has 0 saturated carbocycles. The first-order valence-electron chi connectivity index (χ1n) is 8.35. The number of carbonyl (C=O) groups is 1. The average molecular weight is 404 g/mol. The maximum absolute atomic E-state index is 12.6. The lowest BCUT2D eigenvalue weighted by Crippen LogP contribution is -2.14. The van der Waals surface area contributed by atoms with E-state index >= 15 is 0 Å². The highest BCUT2D eigenvalue weighted by Crippen LogP contribution is 2.35. The van der Waals surface area contributed by atoms with Crippen molar-refractivity contribution in [3.8, 4) is 17.2 Å². The Kier molecular flexibility index (Phi) is 5.55. The van der Waals surface area contributed by atoms with Crippen LogP contribution in [-0.4, -0.2) is 37.3 Å². The van der Waals surface area contributed by atoms with E-state index in [0.29, 0.717) is 21.7 Å². The van der Waals surface area contributed by atoms with Crippen LogP contribution < -0.4 is 19.8 Å². The highest BCUT2D eigenvalue weighted by atomic mass is 32.1. The van der Waals surface area contributed by atoms with Crippen LogP contribution in [0, 0.1) is 13.8 Å². The second-order valence-electron chi connectivity index (χ2n) is 5.96. The second-order valence-corrected chi connectivity index (χ2v) is 7.16. The van der Waals surface area contributed by atoms with Gasteiger partial charge in [-0.2, -0.15) is 0 Å². The summed E-state index contributed by atoms with van der Waals surface area (Å²) in [6, 6.07) is 3.02. The first-order valence-corrected chi connectivity index (χ1v) is 9.17. The normalized spacial score (nSPS) is 10.8. The monoisotopic (exact) mass is 404 g/mol. The quantitative estimate of drug-likeness (QED) is 0.631. The molecule has 0 radical (unpaired) electrons. The van der Waals surface area contributed by atoms with Crippen LogP contribution in [0.2, 0.25) is 0 Å². The molecule has 2 aromatic heterocycles. The molecule has 0 atom stereocenters. The molecule has 0 fully saturated rings. The average Bonchev–Trinajstić information content (AvgIpc) is 2.98. The molecule has 1 N–H and O–H groups in total. The Bertz CT molecular complexity index is 1100. The third kappa shape index (κ3) is 3.53. The summed E-state index contributed by atoms with van der Waals surface area (Å²) in [4.78, 5) is 33.6. The summed E-state index contributed by atoms with van der Waals surface area (Å²) in [6.07, 6.45) is 0. The van der Waals surface area contributed by atoms with Crippen LogP contribution in [0.1, 0.15) is 26.6 Å². The number of esters is 1. The lowest BCUT2D eigenvalue weighted by atomic mass is 10.1. The van der Waals surface area contributed by atoms with Gasteiger partial charge in [0, 0.05) is 17.0 Å². The van der Waals surface area contributed by atoms with Crippen molar-refractivity contribution >= 4 is 27.5 Å². The molecule has 0 spiro atoms. The van der Waals surface area contributed by atoms with Gasteiger partial charge in [-0.1, -0.05) is 0 Å². The number of aromatic nitrogens is 2. The minimum atomic E-state index is -0.640. The van der Waals surface area contributed by atoms with Gasteiger partial charge < -0.3 is 23.9 Å². The maximum atomic E-state index is 12.6. The Labute approximate surface area is 165 Å². The molecule has 9 heteroatoms. The second kappa shape index (κ2) is 7.89. The molecular formula is C19H20N2O6S. The van der Waals surface area contributed by atoms with E-state index < -0.39 is 5.97 Å². The van der Waals surface area contributed by atoms with Gasteiger partial charge in [0.25, 0.3) is 5.56 Å². The van der Waals surface area contributed by atoms with Gasteiger partial charge in [-0.05, 0) is 19.4 Å². The molecule has 0 aliphatic rings. The fraction of sp³-hybridized carbons (Fsp3) is 0.316. The summed E-state index contributed by atoms with van der Waals surface area (Å²) in [5.41, 5.74) is 0.834. The van der Waals surface area contributed by atoms with Crippen LogP contribution in [0.25, 0.3) is 10.2 Å². The van der Waals surface area contributed by atoms with Gasteiger partial charge in [-0.15, -0.1) is 11.3 Å². The highest BCUT2D eigenvalue weighted by Gasteiger charge is 2.20. The lowest BCUT2D eigenvalue weighted by Gasteiger charge is -2.13. The van der Waals surface area contributed by atoms with E-state index in [1.165, 1.54) is 38.7 Å². The van der Waals surface area contributed by atoms with E-state index in [4.69, 9.17) is 18.9 Å². The molecule has 0 aliphatic carbocycles. The summed E-state index contributed by atoms with van der Waals surface area (Å²) >= 11 is 1.43. The highest BCUT2D eigenvalue weighted by molar-refractivity contribution is 7.18. The Morgan fingerprint density at radius 3 is 2.36 bits per heavy atom. The van der Waals surface area contributed by atoms with Crippen LogP contribution in [0.4, 0.5) is 0 Å². The summed E-state index contributed by atoms with van der Waals surface area (Å²) in [6.45, 7) is 3.63. The molecular weight excluding hydrogens is 384 g/mol. The molecule has 8 nitrogen and oxygen atoms in total. The van der Waals surface area contributed by atoms with E-state index in [9.17, 15) is 9.59 Å². The summed E-state index contributed by atoms with van der Waals surface area (Å²) < 4.78 is 21.0. The standard InChI is InChI=1S/C19H20N2O6S/c1-9-10(2)28-18-16(9)17(22)20-15(21-18)8-27-19(23)11-6-13(25-4)14(26-5)7-12(11)24-3/h6-7H,8H2,1-5H3,(H,20,21,22). The van der Waals surface area contributed by atoms with Crippen molar-refractivity contribution in [1.29, 1.82) is 0 Å². The van der Waals surface area contributed by atoms with Crippen LogP contribution in [0.15, 0.2) is 16.9 Å². The number of H-pyrrole nitrogens is 1. The van der Waals surface area contributed by atoms with Gasteiger partial charge >= 0.3 is 5.97 Å². The smallest absolute Gasteiger partial charge is 0.342 e. The predicted molar refractivity (Wildman–Crippen MR) is 105 cm³/mol. The Morgan fingerprint density at radius 1 is 1.07 bits per heavy atom. The molecule has 2 heterocycles. The molecule has 28 heavy (non-hydrogen) atoms. The van der Waals surface area contributed by atoms with Crippen LogP contribution in [0.3, 0.4) is 0 Å². The van der Waals surface area contributed by atoms with Crippen LogP contribution in [0.5, 0.6) is 17.2 Å². The number of fused-ring (bicyclic) bond motifs is 1. The largest absolute Gasteiger partial charge is 0.496 e. The fourth-order valence-electron chi connectivity index (χ4n) is 2.77. The minimum absolute atomic E-state index is 0.173. The number of nitrogens with zero attached hydrogens (tertiary/aromatic N) is 1. The number of aromatic amines is 1. The van der Waals surface area contributed by atoms with E-state index in [1.807, 2.05) is 13.8 Å². The number of rotatable bonds is 6. The Balaban J connectivity index is 1.86. The zero-order valence-corrected chi connectivity index (χ0v) is 17.0. The Morgan fingerprint density at radius 2 is 1.71 bits per heavy atom. The number of ether oxygens (including phenoxy) is 4. The molecule has 0 saturated heterocycles. The van der Waals surface area contributed by atoms with Gasteiger partial charge in [0.1, 0.15) is 28.6 Å². The maximum Gasteiger partial charge on any atom is 0.342 e. The van der Waals surface area contributed by atoms with Crippen LogP contribution >= 0.6 is 11.3 Å². The fourth-order valence-corrected chi connectivity index (χ4v) is 3.82. The first-order chi connectivity index (χ1) is 13.4. The topological polar surface area (TPSA) is 99.7 Å². The SMILES string of the molecule is COc1cc(OC)c(C(=O)OCc2nc3sc(C)c(C)c3c(=O)[nH]2)cc1OC. The van der Waals surface area contributed by atoms with Crippen molar-refractivity contribution in [3.05, 3.63) is 44.3 Å². The van der Waals surface area contributed by atoms with Gasteiger partial charge in [0.05, 0.1) is 26.7 Å². The molecule has 148 valence electrons. The van der Waals surface area contributed by atoms with Crippen molar-refractivity contribution in [2.45, 2.75) is 20.5 Å². The molecule has 0 unspecified atom stereocenters. The molecule has 0 bridgehead atoms. The van der Waals surface area contributed by atoms with Gasteiger partial charge in [0.15, 0.2) is 11.5 Å². The van der Waals surface area contributed by atoms with Crippen molar-refractivity contribution < 1.29 is 23.7 Å². The first kappa shape index (κ1) is 19.7. The number of hydrogen-bond donors (Lipinski definition) is 1. The number of hydrogen-bond acceptors (Lipinski definition) is 8. The van der Waals surface area contributed by atoms with E-state index in [2.05, 4.69) is 9.97 Å². The number of methoxy groups -OCH3 is 3. The Hall–Kier alpha value is -3.07. The van der Waals surface area contributed by atoms with Gasteiger partial charge in [-0.25, -0.2) is 9.78 Å². The molecule has 1 aromatic carbocycles. The molecule has 0 amide bonds. The van der Waals surface area contributed by atoms with E-state index in [0.717, 1.165) is 10.4 Å². The number of thiophene rings is 1. The predicted octanol–water partition coefficient (Wildman–Crippen LogP) is 2.98. The van der Waals surface area contributed by atoms with Crippen molar-refractivity contribution in [2.75, 3.05) is 21.3 Å². The van der Waals surface area contributed by atoms with E-state index in [1.54, 1.807) is 6.07 Å². The number of nitrogens with one attached hydrogen (secondary N) is 1. The number of aryl methyl sites for hydroxylation is 2. The number of benzene rings is 1. The van der Waals surface area contributed by atoms with Crippen LogP contribution in [-0.2, 0) is 11.3 Å². The lowest BCUT2D eigenvalue weighted by molar-refractivity contribution is 0.0458. The van der Waals surface area contributed by atoms with Gasteiger partial charge in [-0.3, -0.25) is 4.79 Å². The molecule has 3 rings (SSSR count). The zero-order valence-electron chi connectivity index (χ0n) is 16.2. The summed E-state index contributed by atoms with van der Waals surface area (Å²) in [5.74, 6) is 0.707. The molecule has 3 aromatic rings. The minimum Gasteiger partial charge on any atom is -0.496 e. The van der Waals surface area contributed by atoms with Crippen molar-refractivity contribution in [2.24, 2.45) is 0 Å². The molecule has 0 aliphatic heterocycles. The summed E-state index contributed by atoms with van der Waals surface area (Å²) in [5, 5.41) is 0.569. The third-order valence-corrected chi connectivity index (χ3v) is 5.45. The van der Waals surface area contributed by atoms with Crippen molar-refractivity contribution in [1.82, 2.24) is 9.97 Å². The van der Waals surface area contributed by atoms with Gasteiger partial charge in [0.2, 0.25) is 0 Å². The van der Waals surface area contributed by atoms with Crippen molar-refractivity contribution in [3.63, 3.8) is 0 Å².